The molecule has 6 N–H and O–H groups in total. The Kier molecular flexibility index (Phi) is 8.10. The molecule has 0 amide bonds. The number of nitrogens with one attached hydrogen (secondary N) is 2. The molecule has 1 saturated heterocycles. The molecule has 1 aliphatic rings. The Morgan fingerprint density at radius 1 is 1.15 bits per heavy atom. The number of oxazole rings is 1. The van der Waals surface area contributed by atoms with Crippen LogP contribution >= 0.6 is 0 Å². The number of piperazine rings is 1. The first kappa shape index (κ1) is 27.6. The first-order valence-electron chi connectivity index (χ1n) is 13.1. The van der Waals surface area contributed by atoms with Crippen LogP contribution in [0.5, 0.6) is 0 Å². The minimum absolute atomic E-state index is 0.000769. The predicted molar refractivity (Wildman–Crippen MR) is 155 cm³/mol. The fourth-order valence-corrected chi connectivity index (χ4v) is 4.61. The zero-order valence-electron chi connectivity index (χ0n) is 22.8. The van der Waals surface area contributed by atoms with E-state index < -0.39 is 0 Å². The number of anilines is 3. The van der Waals surface area contributed by atoms with E-state index in [0.717, 1.165) is 24.9 Å². The highest BCUT2D eigenvalue weighted by atomic mass is 19.1. The summed E-state index contributed by atoms with van der Waals surface area (Å²) >= 11 is 0. The van der Waals surface area contributed by atoms with Crippen molar-refractivity contribution in [2.45, 2.75) is 13.8 Å². The number of nitrogens with two attached hydrogens (primary N) is 2. The maximum Gasteiger partial charge on any atom is 0.224 e. The Labute approximate surface area is 236 Å². The smallest absolute Gasteiger partial charge is 0.224 e. The zero-order chi connectivity index (χ0) is 28.9. The minimum Gasteiger partial charge on any atom is -0.449 e. The lowest BCUT2D eigenvalue weighted by atomic mass is 10.1. The monoisotopic (exact) mass is 558 g/mol. The average Bonchev–Trinajstić information content (AvgIpc) is 3.40. The summed E-state index contributed by atoms with van der Waals surface area (Å²) in [6.07, 6.45) is 5.78. The maximum atomic E-state index is 14.7. The van der Waals surface area contributed by atoms with Crippen LogP contribution in [0.4, 0.5) is 27.7 Å². The highest BCUT2D eigenvalue weighted by molar-refractivity contribution is 6.00. The van der Waals surface area contributed by atoms with Gasteiger partial charge in [-0.1, -0.05) is 0 Å². The zero-order valence-corrected chi connectivity index (χ0v) is 22.8. The summed E-state index contributed by atoms with van der Waals surface area (Å²) in [4.78, 5) is 29.9. The van der Waals surface area contributed by atoms with Crippen molar-refractivity contribution in [1.29, 1.82) is 5.41 Å². The lowest BCUT2D eigenvalue weighted by Gasteiger charge is -2.36. The summed E-state index contributed by atoms with van der Waals surface area (Å²) in [7, 11) is 0. The second-order valence-corrected chi connectivity index (χ2v) is 9.47. The van der Waals surface area contributed by atoms with Gasteiger partial charge in [-0.3, -0.25) is 9.88 Å². The van der Waals surface area contributed by atoms with Crippen molar-refractivity contribution in [3.63, 3.8) is 0 Å². The molecule has 0 unspecified atom stereocenters. The fourth-order valence-electron chi connectivity index (χ4n) is 4.61. The number of halogens is 1. The molecule has 3 aromatic heterocycles. The molecule has 1 aliphatic heterocycles. The van der Waals surface area contributed by atoms with Crippen molar-refractivity contribution in [2.24, 2.45) is 10.7 Å². The molecule has 1 fully saturated rings. The largest absolute Gasteiger partial charge is 0.449 e. The molecular weight excluding hydrogens is 527 g/mol. The summed E-state index contributed by atoms with van der Waals surface area (Å²) in [5, 5.41) is 11.2. The summed E-state index contributed by atoms with van der Waals surface area (Å²) in [5.41, 5.74) is 15.5. The summed E-state index contributed by atoms with van der Waals surface area (Å²) in [6.45, 7) is 7.64. The van der Waals surface area contributed by atoms with Crippen LogP contribution in [0.1, 0.15) is 22.8 Å². The van der Waals surface area contributed by atoms with Gasteiger partial charge in [0, 0.05) is 70.4 Å². The SMILES string of the molecule is Cc1nc(-c2ccc(F)c(N3CCN(CCNc4nc(N)nc(N=C(N)c5nccnc5C)c4C=N)CC3)c2)co1. The van der Waals surface area contributed by atoms with Gasteiger partial charge in [0.25, 0.3) is 0 Å². The van der Waals surface area contributed by atoms with Crippen molar-refractivity contribution >= 4 is 35.3 Å². The van der Waals surface area contributed by atoms with Crippen LogP contribution in [-0.2, 0) is 0 Å². The Balaban J connectivity index is 1.21. The van der Waals surface area contributed by atoms with Gasteiger partial charge in [-0.15, -0.1) is 0 Å². The van der Waals surface area contributed by atoms with Gasteiger partial charge in [0.1, 0.15) is 29.3 Å². The average molecular weight is 559 g/mol. The van der Waals surface area contributed by atoms with Crippen molar-refractivity contribution < 1.29 is 8.81 Å². The van der Waals surface area contributed by atoms with Crippen LogP contribution in [-0.4, -0.2) is 81.1 Å². The number of aryl methyl sites for hydroxylation is 2. The van der Waals surface area contributed by atoms with E-state index in [1.165, 1.54) is 12.3 Å². The van der Waals surface area contributed by atoms with Crippen LogP contribution in [0.15, 0.2) is 46.3 Å². The third-order valence-electron chi connectivity index (χ3n) is 6.73. The number of nitrogen functional groups attached to an aromatic ring is 1. The van der Waals surface area contributed by atoms with Gasteiger partial charge in [0.2, 0.25) is 5.95 Å². The molecule has 14 heteroatoms. The van der Waals surface area contributed by atoms with E-state index in [1.54, 1.807) is 32.4 Å². The number of aromatic nitrogens is 5. The number of amidine groups is 1. The van der Waals surface area contributed by atoms with Crippen molar-refractivity contribution in [2.75, 3.05) is 55.2 Å². The Morgan fingerprint density at radius 2 is 1.93 bits per heavy atom. The molecule has 4 aromatic rings. The number of benzene rings is 1. The molecule has 212 valence electrons. The third-order valence-corrected chi connectivity index (χ3v) is 6.73. The van der Waals surface area contributed by atoms with E-state index in [0.29, 0.717) is 66.2 Å². The van der Waals surface area contributed by atoms with Crippen molar-refractivity contribution in [3.05, 3.63) is 65.5 Å². The predicted octanol–water partition coefficient (Wildman–Crippen LogP) is 2.53. The Hall–Kier alpha value is -4.98. The molecule has 0 aliphatic carbocycles. The van der Waals surface area contributed by atoms with Gasteiger partial charge in [0.15, 0.2) is 17.5 Å². The van der Waals surface area contributed by atoms with Crippen LogP contribution in [0.2, 0.25) is 0 Å². The molecule has 0 atom stereocenters. The number of nitrogens with zero attached hydrogens (tertiary/aromatic N) is 8. The highest BCUT2D eigenvalue weighted by Crippen LogP contribution is 2.28. The molecular formula is C27H31FN12O. The number of hydrogen-bond donors (Lipinski definition) is 4. The van der Waals surface area contributed by atoms with Gasteiger partial charge in [-0.25, -0.2) is 19.4 Å². The van der Waals surface area contributed by atoms with Crippen LogP contribution in [0.3, 0.4) is 0 Å². The van der Waals surface area contributed by atoms with Crippen molar-refractivity contribution in [1.82, 2.24) is 29.8 Å². The molecule has 13 nitrogen and oxygen atoms in total. The number of hydrogen-bond acceptors (Lipinski definition) is 12. The van der Waals surface area contributed by atoms with Crippen molar-refractivity contribution in [3.8, 4) is 11.3 Å². The van der Waals surface area contributed by atoms with E-state index in [9.17, 15) is 4.39 Å². The summed E-state index contributed by atoms with van der Waals surface area (Å²) in [6, 6.07) is 5.00. The third kappa shape index (κ3) is 6.27. The molecule has 4 heterocycles. The lowest BCUT2D eigenvalue weighted by molar-refractivity contribution is 0.266. The molecule has 1 aromatic carbocycles. The quantitative estimate of drug-likeness (QED) is 0.175. The molecule has 0 radical (unpaired) electrons. The van der Waals surface area contributed by atoms with Gasteiger partial charge in [-0.05, 0) is 25.1 Å². The summed E-state index contributed by atoms with van der Waals surface area (Å²) < 4.78 is 20.0. The van der Waals surface area contributed by atoms with Gasteiger partial charge in [-0.2, -0.15) is 9.97 Å². The van der Waals surface area contributed by atoms with Gasteiger partial charge >= 0.3 is 0 Å². The second kappa shape index (κ2) is 12.0. The molecule has 5 rings (SSSR count). The van der Waals surface area contributed by atoms with Crippen LogP contribution in [0, 0.1) is 25.1 Å². The number of rotatable bonds is 9. The standard InChI is InChI=1S/C27H31FN12O/c1-16-23(33-6-5-32-16)24(30)36-26-19(14-29)25(37-27(31)38-26)34-7-8-39-9-11-40(12-10-39)22-13-18(3-4-20(22)28)21-15-41-17(2)35-21/h3-6,13-15,29H,7-12H2,1-2H3,(H5,30,31,34,36,37,38). The minimum atomic E-state index is -0.266. The van der Waals surface area contributed by atoms with Gasteiger partial charge < -0.3 is 31.5 Å². The Bertz CT molecular complexity index is 1580. The van der Waals surface area contributed by atoms with E-state index >= 15 is 0 Å². The first-order chi connectivity index (χ1) is 19.8. The second-order valence-electron chi connectivity index (χ2n) is 9.47. The maximum absolute atomic E-state index is 14.7. The van der Waals surface area contributed by atoms with E-state index in [1.807, 2.05) is 11.0 Å². The highest BCUT2D eigenvalue weighted by Gasteiger charge is 2.21. The molecule has 0 spiro atoms. The number of aliphatic imine (C=N–C) groups is 1. The topological polar surface area (TPSA) is 184 Å². The van der Waals surface area contributed by atoms with Crippen LogP contribution in [0.25, 0.3) is 11.3 Å². The van der Waals surface area contributed by atoms with Crippen LogP contribution < -0.4 is 21.7 Å². The fraction of sp³-hybridized carbons (Fsp3) is 0.296. The normalized spacial score (nSPS) is 14.3. The summed E-state index contributed by atoms with van der Waals surface area (Å²) in [5.74, 6) is 0.957. The molecule has 0 saturated carbocycles. The lowest BCUT2D eigenvalue weighted by Crippen LogP contribution is -2.48. The van der Waals surface area contributed by atoms with E-state index in [-0.39, 0.29) is 23.4 Å². The Morgan fingerprint density at radius 3 is 2.63 bits per heavy atom. The molecule has 0 bridgehead atoms. The molecule has 41 heavy (non-hydrogen) atoms. The first-order valence-corrected chi connectivity index (χ1v) is 13.1. The van der Waals surface area contributed by atoms with E-state index in [2.05, 4.69) is 40.1 Å². The van der Waals surface area contributed by atoms with E-state index in [4.69, 9.17) is 21.3 Å². The van der Waals surface area contributed by atoms with Gasteiger partial charge in [0.05, 0.1) is 16.9 Å².